The van der Waals surface area contributed by atoms with Gasteiger partial charge in [0.05, 0.1) is 19.0 Å². The van der Waals surface area contributed by atoms with E-state index in [-0.39, 0.29) is 0 Å². The van der Waals surface area contributed by atoms with Gasteiger partial charge in [-0.25, -0.2) is 15.0 Å². The number of nitrogens with zero attached hydrogens (tertiary/aromatic N) is 4. The van der Waals surface area contributed by atoms with Crippen LogP contribution in [0.3, 0.4) is 0 Å². The van der Waals surface area contributed by atoms with Gasteiger partial charge in [0.15, 0.2) is 10.8 Å². The molecule has 3 aromatic rings. The van der Waals surface area contributed by atoms with E-state index in [2.05, 4.69) is 15.0 Å². The Morgan fingerprint density at radius 1 is 1.24 bits per heavy atom. The molecule has 0 aliphatic rings. The Bertz CT molecular complexity index is 757. The number of hydrogen-bond donors (Lipinski definition) is 1. The SMILES string of the molecule is CCc1nc(Cl)c2ncn(CC(O)c3ccccc3)c2n1. The summed E-state index contributed by atoms with van der Waals surface area (Å²) in [5.41, 5.74) is 2.08. The zero-order valence-electron chi connectivity index (χ0n) is 11.6. The number of aliphatic hydroxyl groups is 1. The van der Waals surface area contributed by atoms with Crippen LogP contribution in [0.4, 0.5) is 0 Å². The summed E-state index contributed by atoms with van der Waals surface area (Å²) in [4.78, 5) is 12.9. The Hall–Kier alpha value is -1.98. The first-order chi connectivity index (χ1) is 10.2. The molecular weight excluding hydrogens is 288 g/mol. The van der Waals surface area contributed by atoms with Crippen molar-refractivity contribution in [1.29, 1.82) is 0 Å². The van der Waals surface area contributed by atoms with Gasteiger partial charge in [0.25, 0.3) is 0 Å². The normalized spacial score (nSPS) is 12.7. The second-order valence-electron chi connectivity index (χ2n) is 4.78. The molecule has 1 atom stereocenters. The monoisotopic (exact) mass is 302 g/mol. The van der Waals surface area contributed by atoms with E-state index in [4.69, 9.17) is 11.6 Å². The van der Waals surface area contributed by atoms with E-state index >= 15 is 0 Å². The molecule has 2 aromatic heterocycles. The predicted molar refractivity (Wildman–Crippen MR) is 81.1 cm³/mol. The van der Waals surface area contributed by atoms with Crippen molar-refractivity contribution in [3.8, 4) is 0 Å². The molecule has 6 heteroatoms. The highest BCUT2D eigenvalue weighted by atomic mass is 35.5. The summed E-state index contributed by atoms with van der Waals surface area (Å²) < 4.78 is 1.81. The van der Waals surface area contributed by atoms with Gasteiger partial charge in [0, 0.05) is 6.42 Å². The summed E-state index contributed by atoms with van der Waals surface area (Å²) in [6.45, 7) is 2.34. The standard InChI is InChI=1S/C15H15ClN4O/c1-2-12-18-14(16)13-15(19-12)20(9-17-13)8-11(21)10-6-4-3-5-7-10/h3-7,9,11,21H,2,8H2,1H3. The van der Waals surface area contributed by atoms with Crippen LogP contribution >= 0.6 is 11.6 Å². The van der Waals surface area contributed by atoms with E-state index in [0.717, 1.165) is 5.56 Å². The number of aryl methyl sites for hydroxylation is 1. The molecule has 108 valence electrons. The quantitative estimate of drug-likeness (QED) is 0.753. The molecule has 0 spiro atoms. The molecule has 5 nitrogen and oxygen atoms in total. The second kappa shape index (κ2) is 5.79. The zero-order chi connectivity index (χ0) is 14.8. The van der Waals surface area contributed by atoms with Crippen molar-refractivity contribution in [1.82, 2.24) is 19.5 Å². The van der Waals surface area contributed by atoms with E-state index in [1.807, 2.05) is 37.3 Å². The lowest BCUT2D eigenvalue weighted by molar-refractivity contribution is 0.157. The predicted octanol–water partition coefficient (Wildman–Crippen LogP) is 2.78. The van der Waals surface area contributed by atoms with Crippen LogP contribution in [-0.4, -0.2) is 24.6 Å². The molecule has 1 unspecified atom stereocenters. The smallest absolute Gasteiger partial charge is 0.165 e. The largest absolute Gasteiger partial charge is 0.387 e. The van der Waals surface area contributed by atoms with Gasteiger partial charge in [-0.05, 0) is 5.56 Å². The van der Waals surface area contributed by atoms with Gasteiger partial charge < -0.3 is 9.67 Å². The third-order valence-electron chi connectivity index (χ3n) is 3.34. The topological polar surface area (TPSA) is 63.8 Å². The van der Waals surface area contributed by atoms with Crippen molar-refractivity contribution in [3.05, 3.63) is 53.2 Å². The van der Waals surface area contributed by atoms with Gasteiger partial charge >= 0.3 is 0 Å². The van der Waals surface area contributed by atoms with Gasteiger partial charge in [-0.3, -0.25) is 0 Å². The minimum Gasteiger partial charge on any atom is -0.387 e. The molecule has 0 saturated carbocycles. The number of rotatable bonds is 4. The number of aliphatic hydroxyl groups excluding tert-OH is 1. The van der Waals surface area contributed by atoms with Gasteiger partial charge in [0.2, 0.25) is 0 Å². The minimum atomic E-state index is -0.623. The van der Waals surface area contributed by atoms with Crippen LogP contribution < -0.4 is 0 Å². The molecule has 1 aromatic carbocycles. The van der Waals surface area contributed by atoms with E-state index in [1.54, 1.807) is 10.9 Å². The Morgan fingerprint density at radius 2 is 2.00 bits per heavy atom. The summed E-state index contributed by atoms with van der Waals surface area (Å²) in [7, 11) is 0. The maximum atomic E-state index is 10.3. The molecule has 21 heavy (non-hydrogen) atoms. The van der Waals surface area contributed by atoms with Gasteiger partial charge in [0.1, 0.15) is 11.3 Å². The fraction of sp³-hybridized carbons (Fsp3) is 0.267. The highest BCUT2D eigenvalue weighted by Crippen LogP contribution is 2.22. The first-order valence-corrected chi connectivity index (χ1v) is 7.17. The Labute approximate surface area is 127 Å². The highest BCUT2D eigenvalue weighted by Gasteiger charge is 2.14. The number of halogens is 1. The number of hydrogen-bond acceptors (Lipinski definition) is 4. The summed E-state index contributed by atoms with van der Waals surface area (Å²) in [6, 6.07) is 9.51. The fourth-order valence-corrected chi connectivity index (χ4v) is 2.44. The van der Waals surface area contributed by atoms with Crippen LogP contribution in [0.15, 0.2) is 36.7 Å². The van der Waals surface area contributed by atoms with Crippen molar-refractivity contribution in [2.24, 2.45) is 0 Å². The molecule has 0 aliphatic carbocycles. The average molecular weight is 303 g/mol. The van der Waals surface area contributed by atoms with Gasteiger partial charge in [-0.15, -0.1) is 0 Å². The van der Waals surface area contributed by atoms with Crippen LogP contribution in [0.5, 0.6) is 0 Å². The Morgan fingerprint density at radius 3 is 2.71 bits per heavy atom. The van der Waals surface area contributed by atoms with E-state index < -0.39 is 6.10 Å². The third-order valence-corrected chi connectivity index (χ3v) is 3.60. The van der Waals surface area contributed by atoms with Crippen LogP contribution in [0.2, 0.25) is 5.15 Å². The maximum absolute atomic E-state index is 10.3. The molecule has 0 aliphatic heterocycles. The van der Waals surface area contributed by atoms with Gasteiger partial charge in [-0.1, -0.05) is 48.9 Å². The van der Waals surface area contributed by atoms with Crippen molar-refractivity contribution >= 4 is 22.8 Å². The van der Waals surface area contributed by atoms with Crippen molar-refractivity contribution < 1.29 is 5.11 Å². The zero-order valence-corrected chi connectivity index (χ0v) is 12.3. The van der Waals surface area contributed by atoms with E-state index in [0.29, 0.717) is 35.1 Å². The summed E-state index contributed by atoms with van der Waals surface area (Å²) in [5.74, 6) is 0.670. The summed E-state index contributed by atoms with van der Waals surface area (Å²) >= 11 is 6.12. The molecule has 0 amide bonds. The van der Waals surface area contributed by atoms with Crippen LogP contribution in [-0.2, 0) is 13.0 Å². The first-order valence-electron chi connectivity index (χ1n) is 6.79. The van der Waals surface area contributed by atoms with E-state index in [9.17, 15) is 5.11 Å². The average Bonchev–Trinajstić information content (AvgIpc) is 2.91. The van der Waals surface area contributed by atoms with E-state index in [1.165, 1.54) is 0 Å². The summed E-state index contributed by atoms with van der Waals surface area (Å²) in [5, 5.41) is 10.7. The lowest BCUT2D eigenvalue weighted by Crippen LogP contribution is -2.09. The lowest BCUT2D eigenvalue weighted by Gasteiger charge is -2.12. The summed E-state index contributed by atoms with van der Waals surface area (Å²) in [6.07, 6.45) is 1.71. The highest BCUT2D eigenvalue weighted by molar-refractivity contribution is 6.33. The molecular formula is C15H15ClN4O. The second-order valence-corrected chi connectivity index (χ2v) is 5.14. The Kier molecular flexibility index (Phi) is 3.86. The Balaban J connectivity index is 1.96. The van der Waals surface area contributed by atoms with Crippen molar-refractivity contribution in [2.75, 3.05) is 0 Å². The first kappa shape index (κ1) is 14.0. The lowest BCUT2D eigenvalue weighted by atomic mass is 10.1. The third kappa shape index (κ3) is 2.75. The molecule has 3 rings (SSSR count). The fourth-order valence-electron chi connectivity index (χ4n) is 2.21. The van der Waals surface area contributed by atoms with Gasteiger partial charge in [-0.2, -0.15) is 0 Å². The molecule has 1 N–H and O–H groups in total. The number of imidazole rings is 1. The molecule has 0 bridgehead atoms. The molecule has 0 fully saturated rings. The molecule has 0 saturated heterocycles. The van der Waals surface area contributed by atoms with Crippen molar-refractivity contribution in [3.63, 3.8) is 0 Å². The molecule has 0 radical (unpaired) electrons. The van der Waals surface area contributed by atoms with Crippen molar-refractivity contribution in [2.45, 2.75) is 26.0 Å². The minimum absolute atomic E-state index is 0.352. The van der Waals surface area contributed by atoms with Crippen LogP contribution in [0.1, 0.15) is 24.4 Å². The van der Waals surface area contributed by atoms with Crippen LogP contribution in [0.25, 0.3) is 11.2 Å². The number of aromatic nitrogens is 4. The molecule has 2 heterocycles. The maximum Gasteiger partial charge on any atom is 0.165 e. The number of fused-ring (bicyclic) bond motifs is 1. The van der Waals surface area contributed by atoms with Crippen LogP contribution in [0, 0.1) is 0 Å². The number of benzene rings is 1.